The lowest BCUT2D eigenvalue weighted by molar-refractivity contribution is 0.713. The molecule has 1 spiro atoms. The van der Waals surface area contributed by atoms with Gasteiger partial charge in [0.2, 0.25) is 0 Å². The third-order valence-corrected chi connectivity index (χ3v) is 19.0. The van der Waals surface area contributed by atoms with Gasteiger partial charge in [-0.05, 0) is 120 Å². The summed E-state index contributed by atoms with van der Waals surface area (Å²) in [5.41, 5.74) is 18.3. The maximum Gasteiger partial charge on any atom is 0.188 e. The van der Waals surface area contributed by atoms with Crippen molar-refractivity contribution in [3.63, 3.8) is 0 Å². The Morgan fingerprint density at radius 2 is 0.738 bits per heavy atom. The predicted molar refractivity (Wildman–Crippen MR) is 337 cm³/mol. The van der Waals surface area contributed by atoms with E-state index in [4.69, 9.17) is 16.5 Å². The van der Waals surface area contributed by atoms with Crippen LogP contribution in [0.15, 0.2) is 247 Å². The summed E-state index contributed by atoms with van der Waals surface area (Å²) in [4.78, 5) is 17.3. The smallest absolute Gasteiger partial charge is 0.188 e. The molecule has 0 bridgehead atoms. The second kappa shape index (κ2) is 17.0. The van der Waals surface area contributed by atoms with Crippen LogP contribution in [0.2, 0.25) is 0 Å². The van der Waals surface area contributed by atoms with E-state index in [-0.39, 0.29) is 0 Å². The number of aromatic nitrogens is 6. The summed E-state index contributed by atoms with van der Waals surface area (Å²) < 4.78 is 9.43. The van der Waals surface area contributed by atoms with Crippen molar-refractivity contribution < 1.29 is 0 Å². The number of hydrogen-bond donors (Lipinski definition) is 0. The minimum atomic E-state index is -1.06. The topological polar surface area (TPSA) is 97.4 Å². The predicted octanol–water partition coefficient (Wildman–Crippen LogP) is 18.0. The Hall–Kier alpha value is -11.5. The van der Waals surface area contributed by atoms with Crippen LogP contribution in [0.4, 0.5) is 5.69 Å². The van der Waals surface area contributed by atoms with Crippen LogP contribution in [0.1, 0.15) is 33.4 Å². The van der Waals surface area contributed by atoms with E-state index < -0.39 is 5.41 Å². The molecule has 1 atom stereocenters. The molecule has 10 aromatic carbocycles. The van der Waals surface area contributed by atoms with Crippen molar-refractivity contribution >= 4 is 105 Å². The van der Waals surface area contributed by atoms with E-state index in [2.05, 4.69) is 211 Å². The highest BCUT2D eigenvalue weighted by Gasteiger charge is 2.53. The number of rotatable bonds is 4. The molecule has 0 saturated heterocycles. The quantitative estimate of drug-likeness (QED) is 0.164. The molecule has 7 heterocycles. The highest BCUT2D eigenvalue weighted by molar-refractivity contribution is 7.99. The van der Waals surface area contributed by atoms with Gasteiger partial charge in [0.1, 0.15) is 0 Å². The highest BCUT2D eigenvalue weighted by Crippen LogP contribution is 2.64. The van der Waals surface area contributed by atoms with Crippen molar-refractivity contribution in [3.8, 4) is 46.3 Å². The molecule has 0 saturated carbocycles. The van der Waals surface area contributed by atoms with Crippen LogP contribution in [0.3, 0.4) is 0 Å². The van der Waals surface area contributed by atoms with E-state index in [1.54, 1.807) is 0 Å². The molecule has 2 aliphatic rings. The number of para-hydroxylation sites is 5. The van der Waals surface area contributed by atoms with Crippen LogP contribution in [0.5, 0.6) is 0 Å². The number of pyridine rings is 2. The van der Waals surface area contributed by atoms with Gasteiger partial charge in [-0.3, -0.25) is 9.97 Å². The molecule has 0 N–H and O–H groups in total. The maximum atomic E-state index is 10.2. The molecule has 0 amide bonds. The van der Waals surface area contributed by atoms with E-state index in [1.807, 2.05) is 72.7 Å². The molecule has 18 rings (SSSR count). The van der Waals surface area contributed by atoms with E-state index in [9.17, 15) is 10.5 Å². The monoisotopic (exact) mass is 1090 g/mol. The van der Waals surface area contributed by atoms with Crippen LogP contribution in [-0.2, 0) is 5.41 Å². The third kappa shape index (κ3) is 5.99. The molecule has 386 valence electrons. The van der Waals surface area contributed by atoms with Crippen LogP contribution in [0, 0.1) is 29.2 Å². The molecule has 0 fully saturated rings. The van der Waals surface area contributed by atoms with E-state index in [0.717, 1.165) is 143 Å². The number of hydrogen-bond acceptors (Lipinski definition) is 5. The van der Waals surface area contributed by atoms with Gasteiger partial charge >= 0.3 is 0 Å². The van der Waals surface area contributed by atoms with E-state index >= 15 is 0 Å². The van der Waals surface area contributed by atoms with Crippen molar-refractivity contribution in [1.29, 1.82) is 10.5 Å². The SMILES string of the molecule is [C-]#[N+]c1ccc2c(c1)c1ccccc1n2-c1cccc2c1Sc1c(-n3c4ccccc4c4ccccc43)cccc1C21c2cc(-n3c4ccccc4c4ccccc43)cnc2-c2ncc(-n3c4ccc(C#N)cc4c4cc(C#N)ccc43)cc21. The zero-order chi connectivity index (χ0) is 55.5. The normalized spacial score (nSPS) is 14.2. The summed E-state index contributed by atoms with van der Waals surface area (Å²) in [5.74, 6) is 0. The molecule has 0 radical (unpaired) electrons. The molecule has 6 aromatic heterocycles. The molecule has 16 aromatic rings. The van der Waals surface area contributed by atoms with Gasteiger partial charge in [0.25, 0.3) is 0 Å². The fourth-order valence-electron chi connectivity index (χ4n) is 14.4. The average Bonchev–Trinajstić information content (AvgIpc) is 1.82. The first kappa shape index (κ1) is 46.3. The highest BCUT2D eigenvalue weighted by atomic mass is 32.2. The van der Waals surface area contributed by atoms with Crippen molar-refractivity contribution in [3.05, 3.63) is 282 Å². The third-order valence-electron chi connectivity index (χ3n) is 17.7. The van der Waals surface area contributed by atoms with E-state index in [0.29, 0.717) is 16.8 Å². The molecule has 10 heteroatoms. The Labute approximate surface area is 483 Å². The number of nitriles is 2. The Morgan fingerprint density at radius 1 is 0.369 bits per heavy atom. The minimum absolute atomic E-state index is 0.536. The van der Waals surface area contributed by atoms with Crippen molar-refractivity contribution in [2.24, 2.45) is 0 Å². The van der Waals surface area contributed by atoms with Crippen LogP contribution >= 0.6 is 11.8 Å². The fraction of sp³-hybridized carbons (Fsp3) is 0.0135. The molecule has 84 heavy (non-hydrogen) atoms. The summed E-state index contributed by atoms with van der Waals surface area (Å²) in [7, 11) is 0. The lowest BCUT2D eigenvalue weighted by Crippen LogP contribution is -2.33. The Balaban J connectivity index is 1.02. The van der Waals surface area contributed by atoms with Crippen LogP contribution < -0.4 is 0 Å². The number of fused-ring (bicyclic) bond motifs is 21. The van der Waals surface area contributed by atoms with Gasteiger partial charge < -0.3 is 18.3 Å². The Bertz CT molecular complexity index is 5610. The molecular weight excluding hydrogens is 1050 g/mol. The maximum absolute atomic E-state index is 10.2. The second-order valence-electron chi connectivity index (χ2n) is 21.8. The van der Waals surface area contributed by atoms with Crippen molar-refractivity contribution in [2.75, 3.05) is 0 Å². The van der Waals surface area contributed by atoms with E-state index in [1.165, 1.54) is 10.8 Å². The minimum Gasteiger partial charge on any atom is -0.308 e. The van der Waals surface area contributed by atoms with Crippen LogP contribution in [-0.4, -0.2) is 28.2 Å². The van der Waals surface area contributed by atoms with Crippen molar-refractivity contribution in [1.82, 2.24) is 28.2 Å². The molecule has 1 unspecified atom stereocenters. The standard InChI is InChI=1S/C74H39N9S/c1-77-45-30-33-67-55(36-45)52-18-6-11-25-64(52)83(67)69-27-13-20-57-73(69)84-72-56(19-12-26-68(72)82-62-23-9-4-16-50(62)51-17-5-10-24-63(51)82)74(57)58-37-46(80-60-21-7-2-14-48(60)49-15-3-8-22-61(49)80)41-78-70(58)71-59(74)38-47(42-79-71)81-65-31-28-43(39-75)34-53(65)54-35-44(40-76)29-32-66(54)81/h2-38,41-42H. The van der Waals surface area contributed by atoms with Gasteiger partial charge in [0.05, 0.1) is 126 Å². The lowest BCUT2D eigenvalue weighted by atomic mass is 9.67. The summed E-state index contributed by atoms with van der Waals surface area (Å²) in [5, 5.41) is 28.9. The van der Waals surface area contributed by atoms with Crippen LogP contribution in [0.25, 0.3) is 126 Å². The first-order valence-electron chi connectivity index (χ1n) is 27.8. The van der Waals surface area contributed by atoms with Gasteiger partial charge in [-0.15, -0.1) is 0 Å². The molecule has 9 nitrogen and oxygen atoms in total. The molecular formula is C74H39N9S. The van der Waals surface area contributed by atoms with Crippen molar-refractivity contribution in [2.45, 2.75) is 15.2 Å². The first-order valence-corrected chi connectivity index (χ1v) is 28.6. The zero-order valence-corrected chi connectivity index (χ0v) is 45.3. The van der Waals surface area contributed by atoms with Gasteiger partial charge in [0.15, 0.2) is 5.69 Å². The summed E-state index contributed by atoms with van der Waals surface area (Å²) in [6.07, 6.45) is 3.97. The largest absolute Gasteiger partial charge is 0.308 e. The Kier molecular flexibility index (Phi) is 9.38. The zero-order valence-electron chi connectivity index (χ0n) is 44.4. The Morgan fingerprint density at radius 3 is 1.17 bits per heavy atom. The number of benzene rings is 10. The van der Waals surface area contributed by atoms with Gasteiger partial charge in [0, 0.05) is 58.6 Å². The lowest BCUT2D eigenvalue weighted by Gasteiger charge is -2.41. The average molecular weight is 1090 g/mol. The summed E-state index contributed by atoms with van der Waals surface area (Å²) in [6, 6.07) is 83.9. The first-order chi connectivity index (χ1) is 41.5. The molecule has 1 aliphatic carbocycles. The summed E-state index contributed by atoms with van der Waals surface area (Å²) >= 11 is 1.81. The second-order valence-corrected chi connectivity index (χ2v) is 22.8. The van der Waals surface area contributed by atoms with Gasteiger partial charge in [-0.25, -0.2) is 4.85 Å². The fourth-order valence-corrected chi connectivity index (χ4v) is 15.8. The summed E-state index contributed by atoms with van der Waals surface area (Å²) in [6.45, 7) is 8.07. The molecule has 1 aliphatic heterocycles. The van der Waals surface area contributed by atoms with Gasteiger partial charge in [-0.1, -0.05) is 133 Å². The van der Waals surface area contributed by atoms with Gasteiger partial charge in [-0.2, -0.15) is 10.5 Å². The number of nitrogens with zero attached hydrogens (tertiary/aromatic N) is 9.